The normalized spacial score (nSPS) is 13.1. The molecule has 112 valence electrons. The summed E-state index contributed by atoms with van der Waals surface area (Å²) < 4.78 is 25.2. The first kappa shape index (κ1) is 16.3. The summed E-state index contributed by atoms with van der Waals surface area (Å²) in [4.78, 5) is 0.253. The second-order valence-corrected chi connectivity index (χ2v) is 7.66. The maximum atomic E-state index is 12.6. The zero-order valence-electron chi connectivity index (χ0n) is 11.2. The van der Waals surface area contributed by atoms with Crippen LogP contribution in [0.3, 0.4) is 0 Å². The summed E-state index contributed by atoms with van der Waals surface area (Å²) in [7, 11) is -3.53. The molecule has 3 nitrogen and oxygen atoms in total. The Bertz CT molecular complexity index is 697. The van der Waals surface area contributed by atoms with Gasteiger partial charge in [0.1, 0.15) is 0 Å². The molecular weight excluding hydrogens is 329 g/mol. The van der Waals surface area contributed by atoms with Crippen LogP contribution in [0.2, 0.25) is 10.0 Å². The third kappa shape index (κ3) is 3.58. The van der Waals surface area contributed by atoms with E-state index >= 15 is 0 Å². The molecule has 0 aromatic heterocycles. The summed E-state index contributed by atoms with van der Waals surface area (Å²) in [5.41, 5.74) is 6.29. The lowest BCUT2D eigenvalue weighted by molar-refractivity contribution is 0.578. The monoisotopic (exact) mass is 343 g/mol. The van der Waals surface area contributed by atoms with Crippen LogP contribution in [0.5, 0.6) is 0 Å². The number of hydrogen-bond acceptors (Lipinski definition) is 3. The minimum absolute atomic E-state index is 0.00121. The van der Waals surface area contributed by atoms with Gasteiger partial charge in [0.2, 0.25) is 0 Å². The van der Waals surface area contributed by atoms with E-state index in [2.05, 4.69) is 0 Å². The molecule has 2 N–H and O–H groups in total. The number of sulfone groups is 1. The van der Waals surface area contributed by atoms with Gasteiger partial charge in [0, 0.05) is 16.6 Å². The van der Waals surface area contributed by atoms with E-state index in [1.807, 2.05) is 0 Å². The minimum Gasteiger partial charge on any atom is -0.329 e. The van der Waals surface area contributed by atoms with Crippen LogP contribution in [0.25, 0.3) is 0 Å². The van der Waals surface area contributed by atoms with Gasteiger partial charge < -0.3 is 5.73 Å². The first-order valence-electron chi connectivity index (χ1n) is 6.38. The third-order valence-corrected chi connectivity index (χ3v) is 6.14. The van der Waals surface area contributed by atoms with Crippen molar-refractivity contribution < 1.29 is 8.42 Å². The summed E-state index contributed by atoms with van der Waals surface area (Å²) in [5.74, 6) is 0. The highest BCUT2D eigenvalue weighted by atomic mass is 35.5. The van der Waals surface area contributed by atoms with Crippen molar-refractivity contribution in [2.24, 2.45) is 5.73 Å². The van der Waals surface area contributed by atoms with Crippen LogP contribution in [0.15, 0.2) is 53.4 Å². The summed E-state index contributed by atoms with van der Waals surface area (Å²) >= 11 is 12.2. The van der Waals surface area contributed by atoms with E-state index in [9.17, 15) is 8.42 Å². The Morgan fingerprint density at radius 1 is 0.952 bits per heavy atom. The molecule has 0 fully saturated rings. The molecule has 0 aliphatic heterocycles. The van der Waals surface area contributed by atoms with Crippen LogP contribution in [0, 0.1) is 0 Å². The quantitative estimate of drug-likeness (QED) is 0.905. The van der Waals surface area contributed by atoms with Gasteiger partial charge in [-0.05, 0) is 36.2 Å². The van der Waals surface area contributed by atoms with E-state index in [1.54, 1.807) is 48.5 Å². The van der Waals surface area contributed by atoms with E-state index in [0.29, 0.717) is 15.6 Å². The summed E-state index contributed by atoms with van der Waals surface area (Å²) in [6.45, 7) is -0.00121. The van der Waals surface area contributed by atoms with Crippen LogP contribution < -0.4 is 5.73 Å². The predicted molar refractivity (Wildman–Crippen MR) is 86.6 cm³/mol. The van der Waals surface area contributed by atoms with E-state index in [4.69, 9.17) is 28.9 Å². The molecule has 1 unspecified atom stereocenters. The molecule has 1 atom stereocenters. The number of nitrogens with two attached hydrogens (primary N) is 1. The summed E-state index contributed by atoms with van der Waals surface area (Å²) in [6.07, 6.45) is 0.187. The second-order valence-electron chi connectivity index (χ2n) is 4.62. The zero-order valence-corrected chi connectivity index (χ0v) is 13.5. The molecule has 0 saturated carbocycles. The first-order chi connectivity index (χ1) is 9.96. The second kappa shape index (κ2) is 6.79. The Hall–Kier alpha value is -1.07. The Kier molecular flexibility index (Phi) is 5.27. The van der Waals surface area contributed by atoms with Gasteiger partial charge in [-0.25, -0.2) is 8.42 Å². The summed E-state index contributed by atoms with van der Waals surface area (Å²) in [5, 5.41) is 0.130. The SMILES string of the molecule is NCC(Cc1c(Cl)cccc1Cl)S(=O)(=O)c1ccccc1. The third-order valence-electron chi connectivity index (χ3n) is 3.27. The van der Waals surface area contributed by atoms with Crippen molar-refractivity contribution in [2.75, 3.05) is 6.54 Å². The fourth-order valence-corrected chi connectivity index (χ4v) is 4.19. The van der Waals surface area contributed by atoms with Gasteiger partial charge >= 0.3 is 0 Å². The van der Waals surface area contributed by atoms with Crippen LogP contribution in [-0.2, 0) is 16.3 Å². The fraction of sp³-hybridized carbons (Fsp3) is 0.200. The van der Waals surface area contributed by atoms with Crippen molar-refractivity contribution in [1.29, 1.82) is 0 Å². The van der Waals surface area contributed by atoms with Gasteiger partial charge in [0.05, 0.1) is 10.1 Å². The van der Waals surface area contributed by atoms with Gasteiger partial charge in [-0.2, -0.15) is 0 Å². The van der Waals surface area contributed by atoms with Crippen molar-refractivity contribution in [3.8, 4) is 0 Å². The number of halogens is 2. The first-order valence-corrected chi connectivity index (χ1v) is 8.69. The maximum absolute atomic E-state index is 12.6. The molecule has 2 aromatic carbocycles. The zero-order chi connectivity index (χ0) is 15.5. The Balaban J connectivity index is 2.37. The van der Waals surface area contributed by atoms with Gasteiger partial charge in [-0.3, -0.25) is 0 Å². The van der Waals surface area contributed by atoms with Gasteiger partial charge in [0.25, 0.3) is 0 Å². The van der Waals surface area contributed by atoms with Gasteiger partial charge in [0.15, 0.2) is 9.84 Å². The topological polar surface area (TPSA) is 60.2 Å². The van der Waals surface area contributed by atoms with Crippen molar-refractivity contribution >= 4 is 33.0 Å². The van der Waals surface area contributed by atoms with Crippen LogP contribution in [-0.4, -0.2) is 20.2 Å². The number of rotatable bonds is 5. The Labute approximate surface area is 134 Å². The van der Waals surface area contributed by atoms with Crippen LogP contribution >= 0.6 is 23.2 Å². The summed E-state index contributed by atoms with van der Waals surface area (Å²) in [6, 6.07) is 13.3. The van der Waals surface area contributed by atoms with E-state index < -0.39 is 15.1 Å². The molecule has 0 aliphatic rings. The lowest BCUT2D eigenvalue weighted by Gasteiger charge is -2.17. The molecule has 0 radical (unpaired) electrons. The van der Waals surface area contributed by atoms with Crippen molar-refractivity contribution in [3.63, 3.8) is 0 Å². The van der Waals surface area contributed by atoms with Crippen molar-refractivity contribution in [1.82, 2.24) is 0 Å². The molecule has 0 heterocycles. The molecule has 0 bridgehead atoms. The number of hydrogen-bond donors (Lipinski definition) is 1. The van der Waals surface area contributed by atoms with E-state index in [1.165, 1.54) is 0 Å². The van der Waals surface area contributed by atoms with Crippen LogP contribution in [0.1, 0.15) is 5.56 Å². The maximum Gasteiger partial charge on any atom is 0.182 e. The largest absolute Gasteiger partial charge is 0.329 e. The minimum atomic E-state index is -3.53. The molecule has 2 aromatic rings. The highest BCUT2D eigenvalue weighted by Crippen LogP contribution is 2.28. The molecule has 0 spiro atoms. The molecule has 21 heavy (non-hydrogen) atoms. The average molecular weight is 344 g/mol. The lowest BCUT2D eigenvalue weighted by Crippen LogP contribution is -2.32. The fourth-order valence-electron chi connectivity index (χ4n) is 2.08. The smallest absolute Gasteiger partial charge is 0.182 e. The van der Waals surface area contributed by atoms with Gasteiger partial charge in [-0.1, -0.05) is 47.5 Å². The Morgan fingerprint density at radius 3 is 2.05 bits per heavy atom. The standard InChI is InChI=1S/C15H15Cl2NO2S/c16-14-7-4-8-15(17)13(14)9-12(10-18)21(19,20)11-5-2-1-3-6-11/h1-8,12H,9-10,18H2. The molecule has 0 aliphatic carbocycles. The van der Waals surface area contributed by atoms with Crippen molar-refractivity contribution in [3.05, 3.63) is 64.1 Å². The highest BCUT2D eigenvalue weighted by Gasteiger charge is 2.27. The van der Waals surface area contributed by atoms with Crippen LogP contribution in [0.4, 0.5) is 0 Å². The molecule has 0 saturated heterocycles. The molecule has 6 heteroatoms. The van der Waals surface area contributed by atoms with E-state index in [0.717, 1.165) is 0 Å². The highest BCUT2D eigenvalue weighted by molar-refractivity contribution is 7.92. The Morgan fingerprint density at radius 2 is 1.52 bits per heavy atom. The molecule has 0 amide bonds. The molecule has 2 rings (SSSR count). The molecular formula is C15H15Cl2NO2S. The average Bonchev–Trinajstić information content (AvgIpc) is 2.47. The van der Waals surface area contributed by atoms with E-state index in [-0.39, 0.29) is 17.9 Å². The van der Waals surface area contributed by atoms with Crippen molar-refractivity contribution in [2.45, 2.75) is 16.6 Å². The number of benzene rings is 2. The lowest BCUT2D eigenvalue weighted by atomic mass is 10.1. The van der Waals surface area contributed by atoms with Gasteiger partial charge in [-0.15, -0.1) is 0 Å². The predicted octanol–water partition coefficient (Wildman–Crippen LogP) is 3.34.